The van der Waals surface area contributed by atoms with Crippen LogP contribution in [0.15, 0.2) is 39.9 Å². The highest BCUT2D eigenvalue weighted by Gasteiger charge is 2.17. The number of nitrogens with zero attached hydrogens (tertiary/aromatic N) is 3. The van der Waals surface area contributed by atoms with E-state index >= 15 is 0 Å². The third-order valence-corrected chi connectivity index (χ3v) is 4.35. The van der Waals surface area contributed by atoms with Crippen LogP contribution in [0.3, 0.4) is 0 Å². The number of aliphatic imine (C=N–C) groups is 1. The van der Waals surface area contributed by atoms with E-state index in [9.17, 15) is 0 Å². The number of nitrogens with one attached hydrogen (secondary N) is 2. The average molecular weight is 485 g/mol. The zero-order valence-electron chi connectivity index (χ0n) is 16.1. The fourth-order valence-corrected chi connectivity index (χ4v) is 2.81. The lowest BCUT2D eigenvalue weighted by molar-refractivity contribution is -0.0161. The Bertz CT molecular complexity index is 732. The van der Waals surface area contributed by atoms with Gasteiger partial charge < -0.3 is 24.7 Å². The second-order valence-corrected chi connectivity index (χ2v) is 6.57. The topological polar surface area (TPSA) is 74.9 Å². The molecule has 27 heavy (non-hydrogen) atoms. The molecule has 1 atom stereocenters. The predicted molar refractivity (Wildman–Crippen MR) is 118 cm³/mol. The van der Waals surface area contributed by atoms with Gasteiger partial charge in [0.1, 0.15) is 6.26 Å². The number of guanidine groups is 1. The Morgan fingerprint density at radius 1 is 1.30 bits per heavy atom. The number of ether oxygens (including phenoxy) is 1. The largest absolute Gasteiger partial charge is 0.444 e. The summed E-state index contributed by atoms with van der Waals surface area (Å²) in [6.07, 6.45) is 1.85. The lowest BCUT2D eigenvalue weighted by Gasteiger charge is -2.30. The molecular weight excluding hydrogens is 457 g/mol. The third kappa shape index (κ3) is 6.47. The van der Waals surface area contributed by atoms with Gasteiger partial charge in [0.05, 0.1) is 24.9 Å². The van der Waals surface area contributed by atoms with Crippen molar-refractivity contribution < 1.29 is 9.15 Å². The first-order chi connectivity index (χ1) is 12.6. The molecule has 7 nitrogen and oxygen atoms in total. The van der Waals surface area contributed by atoms with E-state index in [2.05, 4.69) is 39.5 Å². The van der Waals surface area contributed by atoms with Crippen molar-refractivity contribution in [1.82, 2.24) is 20.5 Å². The van der Waals surface area contributed by atoms with Gasteiger partial charge in [0.15, 0.2) is 5.96 Å². The highest BCUT2D eigenvalue weighted by atomic mass is 127. The lowest BCUT2D eigenvalue weighted by Crippen LogP contribution is -2.48. The molecule has 0 bridgehead atoms. The molecule has 1 unspecified atom stereocenters. The fraction of sp³-hybridized carbons (Fsp3) is 0.474. The van der Waals surface area contributed by atoms with E-state index in [0.29, 0.717) is 12.4 Å². The SMILES string of the molecule is CN=C(NCc1coc(-c2ccc(C)cc2)n1)NCC1CN(C)CCO1.I. The Labute approximate surface area is 177 Å². The fourth-order valence-electron chi connectivity index (χ4n) is 2.81. The number of aryl methyl sites for hydroxylation is 1. The van der Waals surface area contributed by atoms with E-state index in [1.165, 1.54) is 5.56 Å². The van der Waals surface area contributed by atoms with Crippen LogP contribution in [0, 0.1) is 6.92 Å². The summed E-state index contributed by atoms with van der Waals surface area (Å²) in [7, 11) is 3.86. The molecule has 3 rings (SSSR count). The molecule has 8 heteroatoms. The summed E-state index contributed by atoms with van der Waals surface area (Å²) in [5, 5.41) is 6.56. The van der Waals surface area contributed by atoms with Crippen molar-refractivity contribution >= 4 is 29.9 Å². The first kappa shape index (κ1) is 21.6. The van der Waals surface area contributed by atoms with Crippen LogP contribution in [-0.4, -0.2) is 62.3 Å². The number of likely N-dealkylation sites (N-methyl/N-ethyl adjacent to an activating group) is 1. The average Bonchev–Trinajstić information content (AvgIpc) is 3.11. The summed E-state index contributed by atoms with van der Waals surface area (Å²) in [6, 6.07) is 8.13. The van der Waals surface area contributed by atoms with Gasteiger partial charge in [0.25, 0.3) is 0 Å². The smallest absolute Gasteiger partial charge is 0.226 e. The van der Waals surface area contributed by atoms with Crippen molar-refractivity contribution in [2.45, 2.75) is 19.6 Å². The van der Waals surface area contributed by atoms with Gasteiger partial charge in [-0.25, -0.2) is 4.98 Å². The summed E-state index contributed by atoms with van der Waals surface area (Å²) in [6.45, 7) is 6.00. The number of halogens is 1. The van der Waals surface area contributed by atoms with Crippen molar-refractivity contribution in [3.63, 3.8) is 0 Å². The Balaban J connectivity index is 0.00000261. The van der Waals surface area contributed by atoms with Crippen LogP contribution in [0.4, 0.5) is 0 Å². The summed E-state index contributed by atoms with van der Waals surface area (Å²) in [5.74, 6) is 1.35. The van der Waals surface area contributed by atoms with Gasteiger partial charge in [0, 0.05) is 32.2 Å². The molecule has 1 saturated heterocycles. The molecule has 148 valence electrons. The Morgan fingerprint density at radius 2 is 2.07 bits per heavy atom. The molecule has 1 fully saturated rings. The summed E-state index contributed by atoms with van der Waals surface area (Å²) < 4.78 is 11.3. The predicted octanol–water partition coefficient (Wildman–Crippen LogP) is 2.26. The highest BCUT2D eigenvalue weighted by Crippen LogP contribution is 2.18. The molecule has 0 aliphatic carbocycles. The minimum Gasteiger partial charge on any atom is -0.444 e. The number of hydrogen-bond donors (Lipinski definition) is 2. The second kappa shape index (κ2) is 10.6. The Kier molecular flexibility index (Phi) is 8.52. The summed E-state index contributed by atoms with van der Waals surface area (Å²) in [4.78, 5) is 11.1. The van der Waals surface area contributed by atoms with Gasteiger partial charge in [-0.15, -0.1) is 24.0 Å². The number of morpholine rings is 1. The van der Waals surface area contributed by atoms with E-state index < -0.39 is 0 Å². The van der Waals surface area contributed by atoms with Crippen molar-refractivity contribution in [2.75, 3.05) is 40.3 Å². The highest BCUT2D eigenvalue weighted by molar-refractivity contribution is 14.0. The zero-order chi connectivity index (χ0) is 18.4. The molecule has 0 spiro atoms. The van der Waals surface area contributed by atoms with Gasteiger partial charge in [-0.1, -0.05) is 17.7 Å². The minimum absolute atomic E-state index is 0. The van der Waals surface area contributed by atoms with Crippen molar-refractivity contribution in [2.24, 2.45) is 4.99 Å². The van der Waals surface area contributed by atoms with Gasteiger partial charge in [-0.3, -0.25) is 4.99 Å². The van der Waals surface area contributed by atoms with Gasteiger partial charge in [-0.05, 0) is 26.1 Å². The standard InChI is InChI=1S/C19H27N5O2.HI/c1-14-4-6-15(7-5-14)18-23-16(13-26-18)10-21-19(20-2)22-11-17-12-24(3)8-9-25-17;/h4-7,13,17H,8-12H2,1-3H3,(H2,20,21,22);1H. The third-order valence-electron chi connectivity index (χ3n) is 4.35. The molecule has 1 aromatic heterocycles. The number of rotatable bonds is 5. The van der Waals surface area contributed by atoms with Crippen LogP contribution >= 0.6 is 24.0 Å². The van der Waals surface area contributed by atoms with E-state index in [4.69, 9.17) is 9.15 Å². The van der Waals surface area contributed by atoms with Gasteiger partial charge in [-0.2, -0.15) is 0 Å². The maximum Gasteiger partial charge on any atom is 0.226 e. The summed E-state index contributed by atoms with van der Waals surface area (Å²) >= 11 is 0. The van der Waals surface area contributed by atoms with Crippen LogP contribution in [0.5, 0.6) is 0 Å². The van der Waals surface area contributed by atoms with Crippen LogP contribution in [0.25, 0.3) is 11.5 Å². The van der Waals surface area contributed by atoms with Crippen LogP contribution in [-0.2, 0) is 11.3 Å². The van der Waals surface area contributed by atoms with Crippen molar-refractivity contribution in [1.29, 1.82) is 0 Å². The molecule has 2 heterocycles. The molecule has 2 aromatic rings. The van der Waals surface area contributed by atoms with Crippen molar-refractivity contribution in [3.8, 4) is 11.5 Å². The second-order valence-electron chi connectivity index (χ2n) is 6.57. The molecule has 0 saturated carbocycles. The summed E-state index contributed by atoms with van der Waals surface area (Å²) in [5.41, 5.74) is 3.02. The zero-order valence-corrected chi connectivity index (χ0v) is 18.4. The van der Waals surface area contributed by atoms with Gasteiger partial charge in [0.2, 0.25) is 5.89 Å². The molecule has 1 aliphatic rings. The molecule has 2 N–H and O–H groups in total. The molecule has 1 aromatic carbocycles. The number of aromatic nitrogens is 1. The van der Waals surface area contributed by atoms with E-state index in [1.54, 1.807) is 13.3 Å². The van der Waals surface area contributed by atoms with Crippen LogP contribution < -0.4 is 10.6 Å². The quantitative estimate of drug-likeness (QED) is 0.385. The number of oxazole rings is 1. The lowest BCUT2D eigenvalue weighted by atomic mass is 10.1. The van der Waals surface area contributed by atoms with E-state index in [0.717, 1.165) is 43.5 Å². The maximum atomic E-state index is 5.75. The van der Waals surface area contributed by atoms with Gasteiger partial charge >= 0.3 is 0 Å². The molecular formula is C19H28IN5O2. The molecule has 1 aliphatic heterocycles. The maximum absolute atomic E-state index is 5.75. The Hall–Kier alpha value is -1.65. The van der Waals surface area contributed by atoms with Crippen LogP contribution in [0.1, 0.15) is 11.3 Å². The molecule has 0 amide bonds. The Morgan fingerprint density at radius 3 is 2.78 bits per heavy atom. The minimum atomic E-state index is 0. The van der Waals surface area contributed by atoms with Crippen molar-refractivity contribution in [3.05, 3.63) is 41.8 Å². The monoisotopic (exact) mass is 485 g/mol. The number of hydrogen-bond acceptors (Lipinski definition) is 5. The molecule has 0 radical (unpaired) electrons. The first-order valence-corrected chi connectivity index (χ1v) is 8.90. The normalized spacial score (nSPS) is 18.0. The number of benzene rings is 1. The van der Waals surface area contributed by atoms with Crippen LogP contribution in [0.2, 0.25) is 0 Å². The van der Waals surface area contributed by atoms with E-state index in [1.807, 2.05) is 24.3 Å². The van der Waals surface area contributed by atoms with E-state index in [-0.39, 0.29) is 30.1 Å². The first-order valence-electron chi connectivity index (χ1n) is 8.90.